The third-order valence-electron chi connectivity index (χ3n) is 4.19. The molecule has 0 saturated heterocycles. The molecule has 0 heterocycles. The monoisotopic (exact) mass is 494 g/mol. The van der Waals surface area contributed by atoms with Gasteiger partial charge in [0, 0.05) is 0 Å². The maximum Gasteiger partial charge on any atom is 0.357 e. The molecule has 0 bridgehead atoms. The van der Waals surface area contributed by atoms with Crippen LogP contribution in [0.25, 0.3) is 0 Å². The second-order valence-corrected chi connectivity index (χ2v) is 10.7. The summed E-state index contributed by atoms with van der Waals surface area (Å²) >= 11 is -0.0304. The molecule has 3 rings (SSSR count). The molecule has 142 valence electrons. The van der Waals surface area contributed by atoms with Gasteiger partial charge < -0.3 is 4.55 Å². The zero-order chi connectivity index (χ0) is 20.0. The largest absolute Gasteiger partial charge is 0.744 e. The van der Waals surface area contributed by atoms with E-state index in [1.807, 2.05) is 0 Å². The Labute approximate surface area is 172 Å². The summed E-state index contributed by atoms with van der Waals surface area (Å²) in [4.78, 5) is -0.185. The fraction of sp³-hybridized carbons (Fsp3) is 0.182. The molecule has 3 nitrogen and oxygen atoms in total. The highest BCUT2D eigenvalue weighted by Gasteiger charge is 2.16. The second-order valence-electron chi connectivity index (χ2n) is 6.32. The minimum Gasteiger partial charge on any atom is -0.744 e. The maximum atomic E-state index is 10.3. The third kappa shape index (κ3) is 6.75. The Bertz CT molecular complexity index is 963. The summed E-state index contributed by atoms with van der Waals surface area (Å²) in [7, 11) is -4.25. The smallest absolute Gasteiger partial charge is 0.357 e. The first-order chi connectivity index (χ1) is 12.7. The van der Waals surface area contributed by atoms with Gasteiger partial charge in [-0.3, -0.25) is 0 Å². The number of hydrogen-bond acceptors (Lipinski definition) is 3. The van der Waals surface area contributed by atoms with Crippen LogP contribution in [0.2, 0.25) is 0 Å². The Kier molecular flexibility index (Phi) is 7.59. The van der Waals surface area contributed by atoms with Crippen molar-refractivity contribution >= 4 is 10.1 Å². The molecular weight excluding hydrogens is 471 g/mol. The van der Waals surface area contributed by atoms with Gasteiger partial charge in [-0.2, -0.15) is 0 Å². The molecule has 5 heteroatoms. The van der Waals surface area contributed by atoms with Crippen molar-refractivity contribution in [3.05, 3.63) is 96.1 Å². The van der Waals surface area contributed by atoms with E-state index in [9.17, 15) is 13.0 Å². The lowest BCUT2D eigenvalue weighted by Crippen LogP contribution is -3.61. The molecule has 0 aliphatic heterocycles. The topological polar surface area (TPSA) is 57.2 Å². The highest BCUT2D eigenvalue weighted by molar-refractivity contribution is 7.85. The first kappa shape index (κ1) is 21.6. The molecule has 0 aliphatic rings. The quantitative estimate of drug-likeness (QED) is 0.411. The average Bonchev–Trinajstić information content (AvgIpc) is 2.62. The SMILES string of the molecule is Cc1ccc([I+]c2ccc(C)c(C)c2)cc1C.O=S(=O)([O-])c1ccccc1. The molecule has 0 radical (unpaired) electrons. The number of rotatable bonds is 3. The van der Waals surface area contributed by atoms with E-state index in [4.69, 9.17) is 0 Å². The van der Waals surface area contributed by atoms with Crippen molar-refractivity contribution in [3.63, 3.8) is 0 Å². The lowest BCUT2D eigenvalue weighted by atomic mass is 10.1. The van der Waals surface area contributed by atoms with E-state index in [0.717, 1.165) is 0 Å². The molecule has 0 atom stereocenters. The predicted octanol–water partition coefficient (Wildman–Crippen LogP) is 1.64. The highest BCUT2D eigenvalue weighted by Crippen LogP contribution is 2.06. The molecule has 0 spiro atoms. The van der Waals surface area contributed by atoms with Gasteiger partial charge in [0.05, 0.1) is 4.90 Å². The van der Waals surface area contributed by atoms with Crippen molar-refractivity contribution in [1.82, 2.24) is 0 Å². The van der Waals surface area contributed by atoms with Crippen LogP contribution in [0, 0.1) is 34.8 Å². The van der Waals surface area contributed by atoms with Crippen LogP contribution in [0.4, 0.5) is 0 Å². The van der Waals surface area contributed by atoms with E-state index in [-0.39, 0.29) is 26.1 Å². The van der Waals surface area contributed by atoms with Gasteiger partial charge in [0.15, 0.2) is 7.14 Å². The number of benzene rings is 3. The molecule has 0 unspecified atom stereocenters. The van der Waals surface area contributed by atoms with Crippen LogP contribution in [-0.4, -0.2) is 13.0 Å². The fourth-order valence-corrected chi connectivity index (χ4v) is 5.41. The van der Waals surface area contributed by atoms with Gasteiger partial charge in [0.1, 0.15) is 10.1 Å². The van der Waals surface area contributed by atoms with E-state index in [0.29, 0.717) is 0 Å². The van der Waals surface area contributed by atoms with Crippen LogP contribution in [-0.2, 0) is 10.1 Å². The molecule has 0 N–H and O–H groups in total. The molecule has 0 amide bonds. The third-order valence-corrected chi connectivity index (χ3v) is 7.63. The summed E-state index contributed by atoms with van der Waals surface area (Å²) in [6.07, 6.45) is 0. The van der Waals surface area contributed by atoms with Crippen molar-refractivity contribution in [1.29, 1.82) is 0 Å². The summed E-state index contributed by atoms with van der Waals surface area (Å²) < 4.78 is 33.9. The van der Waals surface area contributed by atoms with Crippen molar-refractivity contribution in [3.8, 4) is 0 Å². The summed E-state index contributed by atoms with van der Waals surface area (Å²) in [5.74, 6) is 0. The molecule has 3 aromatic rings. The van der Waals surface area contributed by atoms with Crippen molar-refractivity contribution in [2.45, 2.75) is 32.6 Å². The Balaban J connectivity index is 0.000000223. The molecule has 0 fully saturated rings. The Hall–Kier alpha value is -1.70. The fourth-order valence-electron chi connectivity index (χ4n) is 2.24. The van der Waals surface area contributed by atoms with E-state index in [2.05, 4.69) is 64.1 Å². The summed E-state index contributed by atoms with van der Waals surface area (Å²) in [5, 5.41) is 0. The van der Waals surface area contributed by atoms with Gasteiger partial charge in [-0.1, -0.05) is 30.3 Å². The van der Waals surface area contributed by atoms with Crippen molar-refractivity contribution in [2.75, 3.05) is 0 Å². The van der Waals surface area contributed by atoms with Crippen LogP contribution >= 0.6 is 0 Å². The average molecular weight is 494 g/mol. The van der Waals surface area contributed by atoms with E-state index in [1.54, 1.807) is 6.07 Å². The zero-order valence-electron chi connectivity index (χ0n) is 15.9. The Morgan fingerprint density at radius 1 is 0.667 bits per heavy atom. The van der Waals surface area contributed by atoms with Gasteiger partial charge in [-0.25, -0.2) is 8.42 Å². The molecule has 3 aromatic carbocycles. The lowest BCUT2D eigenvalue weighted by Gasteiger charge is -2.04. The van der Waals surface area contributed by atoms with Gasteiger partial charge in [-0.15, -0.1) is 0 Å². The first-order valence-electron chi connectivity index (χ1n) is 8.47. The first-order valence-corrected chi connectivity index (χ1v) is 12.0. The van der Waals surface area contributed by atoms with E-state index in [1.165, 1.54) is 53.7 Å². The highest BCUT2D eigenvalue weighted by atomic mass is 127. The maximum absolute atomic E-state index is 10.3. The minimum absolute atomic E-state index is 0.0304. The lowest BCUT2D eigenvalue weighted by molar-refractivity contribution is -0.597. The van der Waals surface area contributed by atoms with Gasteiger partial charge in [0.25, 0.3) is 0 Å². The van der Waals surface area contributed by atoms with Gasteiger partial charge in [-0.05, 0) is 86.3 Å². The molecule has 27 heavy (non-hydrogen) atoms. The summed E-state index contributed by atoms with van der Waals surface area (Å²) in [5.41, 5.74) is 5.59. The predicted molar refractivity (Wildman–Crippen MR) is 104 cm³/mol. The minimum atomic E-state index is -4.25. The second kappa shape index (κ2) is 9.48. The van der Waals surface area contributed by atoms with Crippen LogP contribution < -0.4 is 21.2 Å². The molecule has 0 aromatic heterocycles. The molecule has 0 aliphatic carbocycles. The molecule has 0 saturated carbocycles. The molecular formula is C22H23IO3S. The van der Waals surface area contributed by atoms with Gasteiger partial charge in [0.2, 0.25) is 0 Å². The summed E-state index contributed by atoms with van der Waals surface area (Å²) in [6.45, 7) is 8.74. The van der Waals surface area contributed by atoms with Crippen LogP contribution in [0.1, 0.15) is 22.3 Å². The standard InChI is InChI=1S/C16H18I.C6H6O3S/c1-11-5-7-15(9-13(11)3)17-16-8-6-12(2)14(4)10-16;7-10(8,9)6-4-2-1-3-5-6/h5-10H,1-4H3;1-5H,(H,7,8,9)/q+1;/p-1. The number of hydrogen-bond donors (Lipinski definition) is 0. The normalized spacial score (nSPS) is 10.9. The van der Waals surface area contributed by atoms with Crippen LogP contribution in [0.5, 0.6) is 0 Å². The number of halogens is 1. The zero-order valence-corrected chi connectivity index (χ0v) is 18.8. The summed E-state index contributed by atoms with van der Waals surface area (Å²) in [6, 6.07) is 20.9. The Morgan fingerprint density at radius 2 is 1.11 bits per heavy atom. The van der Waals surface area contributed by atoms with Crippen molar-refractivity contribution in [2.24, 2.45) is 0 Å². The van der Waals surface area contributed by atoms with Crippen LogP contribution in [0.3, 0.4) is 0 Å². The van der Waals surface area contributed by atoms with Crippen LogP contribution in [0.15, 0.2) is 71.6 Å². The van der Waals surface area contributed by atoms with E-state index < -0.39 is 10.1 Å². The Morgan fingerprint density at radius 3 is 1.44 bits per heavy atom. The van der Waals surface area contributed by atoms with Crippen molar-refractivity contribution < 1.29 is 34.2 Å². The number of aryl methyl sites for hydroxylation is 4. The van der Waals surface area contributed by atoms with E-state index >= 15 is 0 Å². The van der Waals surface area contributed by atoms with Gasteiger partial charge >= 0.3 is 21.2 Å².